The zero-order chi connectivity index (χ0) is 21.1. The maximum Gasteiger partial charge on any atom is 0.251 e. The number of benzene rings is 3. The van der Waals surface area contributed by atoms with Crippen LogP contribution in [0.4, 0.5) is 5.69 Å². The third-order valence-corrected chi connectivity index (χ3v) is 7.23. The summed E-state index contributed by atoms with van der Waals surface area (Å²) in [7, 11) is -3.27. The average Bonchev–Trinajstić information content (AvgIpc) is 3.13. The van der Waals surface area contributed by atoms with Crippen molar-refractivity contribution >= 4 is 21.6 Å². The number of nitrogens with zero attached hydrogens (tertiary/aromatic N) is 1. The van der Waals surface area contributed by atoms with Crippen LogP contribution in [0.1, 0.15) is 35.3 Å². The van der Waals surface area contributed by atoms with E-state index in [0.717, 1.165) is 16.7 Å². The van der Waals surface area contributed by atoms with E-state index in [1.807, 2.05) is 49.4 Å². The van der Waals surface area contributed by atoms with Gasteiger partial charge in [-0.25, -0.2) is 8.42 Å². The van der Waals surface area contributed by atoms with E-state index in [2.05, 4.69) is 17.4 Å². The fourth-order valence-corrected chi connectivity index (χ4v) is 5.25. The molecule has 0 bridgehead atoms. The highest BCUT2D eigenvalue weighted by Gasteiger charge is 2.28. The smallest absolute Gasteiger partial charge is 0.251 e. The molecule has 154 valence electrons. The quantitative estimate of drug-likeness (QED) is 0.666. The maximum absolute atomic E-state index is 12.8. The molecule has 0 radical (unpaired) electrons. The van der Waals surface area contributed by atoms with Crippen LogP contribution in [-0.2, 0) is 10.0 Å². The number of amides is 1. The predicted molar refractivity (Wildman–Crippen MR) is 120 cm³/mol. The largest absolute Gasteiger partial charge is 0.346 e. The monoisotopic (exact) mass is 420 g/mol. The van der Waals surface area contributed by atoms with Gasteiger partial charge < -0.3 is 5.32 Å². The third kappa shape index (κ3) is 4.24. The molecule has 1 fully saturated rings. The Labute approximate surface area is 177 Å². The van der Waals surface area contributed by atoms with Gasteiger partial charge in [0.25, 0.3) is 5.91 Å². The lowest BCUT2D eigenvalue weighted by atomic mass is 10.0. The minimum Gasteiger partial charge on any atom is -0.346 e. The van der Waals surface area contributed by atoms with Gasteiger partial charge in [0.15, 0.2) is 0 Å². The molecule has 1 aliphatic rings. The van der Waals surface area contributed by atoms with Crippen molar-refractivity contribution in [2.24, 2.45) is 0 Å². The highest BCUT2D eigenvalue weighted by atomic mass is 32.2. The fourth-order valence-electron chi connectivity index (χ4n) is 3.69. The Bertz CT molecular complexity index is 1140. The molecule has 0 aromatic heterocycles. The first-order valence-electron chi connectivity index (χ1n) is 10.0. The van der Waals surface area contributed by atoms with E-state index in [1.54, 1.807) is 24.3 Å². The van der Waals surface area contributed by atoms with Crippen LogP contribution in [0.5, 0.6) is 0 Å². The maximum atomic E-state index is 12.8. The van der Waals surface area contributed by atoms with Crippen LogP contribution >= 0.6 is 0 Å². The number of nitrogens with one attached hydrogen (secondary N) is 1. The molecule has 30 heavy (non-hydrogen) atoms. The lowest BCUT2D eigenvalue weighted by molar-refractivity contribution is 0.0940. The second-order valence-electron chi connectivity index (χ2n) is 7.48. The molecule has 0 saturated carbocycles. The van der Waals surface area contributed by atoms with Crippen molar-refractivity contribution in [2.75, 3.05) is 16.6 Å². The summed E-state index contributed by atoms with van der Waals surface area (Å²) < 4.78 is 25.7. The second-order valence-corrected chi connectivity index (χ2v) is 9.49. The standard InChI is InChI=1S/C24H24N2O3S/c1-18(19-11-13-21(14-12-19)20-7-3-2-4-8-20)25-24(27)22-9-5-10-23(17-22)26-15-6-16-30(26,28)29/h2-5,7-14,17-18H,6,15-16H2,1H3,(H,25,27)/t18-/m1/s1. The zero-order valence-electron chi connectivity index (χ0n) is 16.8. The number of sulfonamides is 1. The van der Waals surface area contributed by atoms with E-state index >= 15 is 0 Å². The van der Waals surface area contributed by atoms with Crippen LogP contribution in [0.2, 0.25) is 0 Å². The fraction of sp³-hybridized carbons (Fsp3) is 0.208. The Balaban J connectivity index is 1.47. The highest BCUT2D eigenvalue weighted by Crippen LogP contribution is 2.25. The van der Waals surface area contributed by atoms with Gasteiger partial charge in [-0.15, -0.1) is 0 Å². The van der Waals surface area contributed by atoms with E-state index in [0.29, 0.717) is 24.2 Å². The summed E-state index contributed by atoms with van der Waals surface area (Å²) >= 11 is 0. The van der Waals surface area contributed by atoms with Gasteiger partial charge in [0.1, 0.15) is 0 Å². The molecule has 1 atom stereocenters. The predicted octanol–water partition coefficient (Wildman–Crippen LogP) is 4.38. The third-order valence-electron chi connectivity index (χ3n) is 5.36. The molecule has 1 N–H and O–H groups in total. The lowest BCUT2D eigenvalue weighted by Gasteiger charge is -2.19. The van der Waals surface area contributed by atoms with Crippen LogP contribution in [0.15, 0.2) is 78.9 Å². The van der Waals surface area contributed by atoms with Gasteiger partial charge in [0, 0.05) is 12.1 Å². The summed E-state index contributed by atoms with van der Waals surface area (Å²) in [6, 6.07) is 24.9. The minimum atomic E-state index is -3.27. The number of rotatable bonds is 5. The van der Waals surface area contributed by atoms with Gasteiger partial charge in [0.05, 0.1) is 17.5 Å². The summed E-state index contributed by atoms with van der Waals surface area (Å²) in [6.07, 6.45) is 0.606. The number of hydrogen-bond acceptors (Lipinski definition) is 3. The normalized spacial score (nSPS) is 16.2. The van der Waals surface area contributed by atoms with Crippen molar-refractivity contribution in [2.45, 2.75) is 19.4 Å². The summed E-state index contributed by atoms with van der Waals surface area (Å²) in [4.78, 5) is 12.8. The van der Waals surface area contributed by atoms with Gasteiger partial charge in [-0.2, -0.15) is 0 Å². The topological polar surface area (TPSA) is 66.5 Å². The summed E-state index contributed by atoms with van der Waals surface area (Å²) in [6.45, 7) is 2.39. The molecule has 1 amide bonds. The van der Waals surface area contributed by atoms with E-state index in [1.165, 1.54) is 4.31 Å². The average molecular weight is 421 g/mol. The molecule has 1 aliphatic heterocycles. The van der Waals surface area contributed by atoms with E-state index in [-0.39, 0.29) is 17.7 Å². The van der Waals surface area contributed by atoms with Crippen molar-refractivity contribution < 1.29 is 13.2 Å². The Morgan fingerprint density at radius 2 is 1.63 bits per heavy atom. The van der Waals surface area contributed by atoms with E-state index < -0.39 is 10.0 Å². The minimum absolute atomic E-state index is 0.152. The van der Waals surface area contributed by atoms with Gasteiger partial charge in [-0.3, -0.25) is 9.10 Å². The molecular weight excluding hydrogens is 396 g/mol. The number of carbonyl (C=O) groups excluding carboxylic acids is 1. The Morgan fingerprint density at radius 1 is 0.933 bits per heavy atom. The summed E-state index contributed by atoms with van der Waals surface area (Å²) in [5, 5.41) is 3.00. The van der Waals surface area contributed by atoms with Gasteiger partial charge in [-0.05, 0) is 48.2 Å². The van der Waals surface area contributed by atoms with Gasteiger partial charge in [0.2, 0.25) is 10.0 Å². The van der Waals surface area contributed by atoms with Gasteiger partial charge >= 0.3 is 0 Å². The molecule has 5 nitrogen and oxygen atoms in total. The molecule has 1 saturated heterocycles. The lowest BCUT2D eigenvalue weighted by Crippen LogP contribution is -2.28. The van der Waals surface area contributed by atoms with Crippen molar-refractivity contribution in [3.8, 4) is 11.1 Å². The van der Waals surface area contributed by atoms with Crippen LogP contribution in [0.3, 0.4) is 0 Å². The Hall–Kier alpha value is -3.12. The van der Waals surface area contributed by atoms with E-state index in [4.69, 9.17) is 0 Å². The Kier molecular flexibility index (Phi) is 5.59. The first-order chi connectivity index (χ1) is 14.4. The summed E-state index contributed by atoms with van der Waals surface area (Å²) in [5.74, 6) is -0.0764. The van der Waals surface area contributed by atoms with Crippen molar-refractivity contribution in [1.82, 2.24) is 5.32 Å². The second kappa shape index (κ2) is 8.32. The number of carbonyl (C=O) groups is 1. The van der Waals surface area contributed by atoms with Crippen molar-refractivity contribution in [1.29, 1.82) is 0 Å². The summed E-state index contributed by atoms with van der Waals surface area (Å²) in [5.41, 5.74) is 4.26. The molecule has 1 heterocycles. The number of anilines is 1. The van der Waals surface area contributed by atoms with Crippen LogP contribution in [0.25, 0.3) is 11.1 Å². The van der Waals surface area contributed by atoms with Crippen LogP contribution in [-0.4, -0.2) is 26.6 Å². The Morgan fingerprint density at radius 3 is 2.30 bits per heavy atom. The molecule has 3 aromatic rings. The molecule has 3 aromatic carbocycles. The molecule has 0 unspecified atom stereocenters. The molecule has 0 spiro atoms. The van der Waals surface area contributed by atoms with Crippen LogP contribution < -0.4 is 9.62 Å². The first-order valence-corrected chi connectivity index (χ1v) is 11.6. The van der Waals surface area contributed by atoms with Crippen LogP contribution in [0, 0.1) is 0 Å². The first kappa shape index (κ1) is 20.2. The zero-order valence-corrected chi connectivity index (χ0v) is 17.6. The molecule has 0 aliphatic carbocycles. The van der Waals surface area contributed by atoms with Crippen molar-refractivity contribution in [3.63, 3.8) is 0 Å². The van der Waals surface area contributed by atoms with Crippen molar-refractivity contribution in [3.05, 3.63) is 90.0 Å². The molecule has 6 heteroatoms. The SMILES string of the molecule is C[C@@H](NC(=O)c1cccc(N2CCCS2(=O)=O)c1)c1ccc(-c2ccccc2)cc1. The molecule has 4 rings (SSSR count). The number of hydrogen-bond donors (Lipinski definition) is 1. The van der Waals surface area contributed by atoms with Gasteiger partial charge in [-0.1, -0.05) is 60.7 Å². The molecular formula is C24H24N2O3S. The van der Waals surface area contributed by atoms with E-state index in [9.17, 15) is 13.2 Å². The highest BCUT2D eigenvalue weighted by molar-refractivity contribution is 7.93.